The second kappa shape index (κ2) is 6.22. The van der Waals surface area contributed by atoms with Crippen LogP contribution in [0.1, 0.15) is 18.9 Å². The van der Waals surface area contributed by atoms with Crippen LogP contribution in [0.25, 0.3) is 0 Å². The van der Waals surface area contributed by atoms with Crippen molar-refractivity contribution in [1.29, 1.82) is 0 Å². The molecule has 1 aromatic rings. The van der Waals surface area contributed by atoms with E-state index < -0.39 is 0 Å². The van der Waals surface area contributed by atoms with Gasteiger partial charge in [0, 0.05) is 19.5 Å². The Morgan fingerprint density at radius 1 is 1.55 bits per heavy atom. The molecule has 4 nitrogen and oxygen atoms in total. The summed E-state index contributed by atoms with van der Waals surface area (Å²) in [4.78, 5) is 14.6. The zero-order chi connectivity index (χ0) is 14.7. The predicted molar refractivity (Wildman–Crippen MR) is 82.8 cm³/mol. The Kier molecular flexibility index (Phi) is 4.60. The van der Waals surface area contributed by atoms with E-state index in [4.69, 9.17) is 22.7 Å². The molecule has 0 aromatic heterocycles. The number of benzene rings is 1. The topological polar surface area (TPSA) is 55.6 Å². The molecule has 1 aromatic carbocycles. The van der Waals surface area contributed by atoms with Gasteiger partial charge < -0.3 is 15.4 Å². The normalized spacial score (nSPS) is 18.6. The molecule has 1 amide bonds. The van der Waals surface area contributed by atoms with E-state index in [-0.39, 0.29) is 17.9 Å². The van der Waals surface area contributed by atoms with Gasteiger partial charge in [0.1, 0.15) is 12.4 Å². The fourth-order valence-electron chi connectivity index (χ4n) is 2.42. The third-order valence-electron chi connectivity index (χ3n) is 3.73. The summed E-state index contributed by atoms with van der Waals surface area (Å²) in [5.74, 6) is 0.835. The molecule has 1 aliphatic rings. The van der Waals surface area contributed by atoms with Gasteiger partial charge in [0.15, 0.2) is 0 Å². The molecule has 5 heteroatoms. The summed E-state index contributed by atoms with van der Waals surface area (Å²) in [6.45, 7) is 2.38. The highest BCUT2D eigenvalue weighted by Gasteiger charge is 2.29. The lowest BCUT2D eigenvalue weighted by atomic mass is 9.95. The van der Waals surface area contributed by atoms with Crippen LogP contribution in [0.3, 0.4) is 0 Å². The molecule has 2 atom stereocenters. The standard InChI is InChI=1S/C15H20N2O2S/c1-10(7-14(16)20)17(2)15(18)12-8-11-5-3-4-6-13(11)19-9-12/h3-6,10,12H,7-9H2,1-2H3,(H2,16,20). The molecule has 0 bridgehead atoms. The molecule has 0 radical (unpaired) electrons. The van der Waals surface area contributed by atoms with Crippen LogP contribution in [0.2, 0.25) is 0 Å². The first-order chi connectivity index (χ1) is 9.49. The van der Waals surface area contributed by atoms with Crippen molar-refractivity contribution in [2.45, 2.75) is 25.8 Å². The summed E-state index contributed by atoms with van der Waals surface area (Å²) >= 11 is 4.90. The van der Waals surface area contributed by atoms with Crippen LogP contribution in [0.4, 0.5) is 0 Å². The fourth-order valence-corrected chi connectivity index (χ4v) is 2.66. The molecule has 0 fully saturated rings. The number of fused-ring (bicyclic) bond motifs is 1. The molecule has 20 heavy (non-hydrogen) atoms. The van der Waals surface area contributed by atoms with Gasteiger partial charge in [-0.05, 0) is 25.0 Å². The fraction of sp³-hybridized carbons (Fsp3) is 0.467. The number of thiocarbonyl (C=S) groups is 1. The zero-order valence-corrected chi connectivity index (χ0v) is 12.7. The van der Waals surface area contributed by atoms with E-state index in [1.807, 2.05) is 31.2 Å². The number of rotatable bonds is 4. The average molecular weight is 292 g/mol. The first-order valence-corrected chi connectivity index (χ1v) is 7.15. The Bertz CT molecular complexity index is 518. The van der Waals surface area contributed by atoms with Crippen molar-refractivity contribution in [3.8, 4) is 5.75 Å². The van der Waals surface area contributed by atoms with Crippen LogP contribution in [-0.4, -0.2) is 35.5 Å². The van der Waals surface area contributed by atoms with Crippen LogP contribution in [-0.2, 0) is 11.2 Å². The van der Waals surface area contributed by atoms with E-state index in [1.54, 1.807) is 11.9 Å². The van der Waals surface area contributed by atoms with Crippen LogP contribution in [0.5, 0.6) is 5.75 Å². The highest BCUT2D eigenvalue weighted by atomic mass is 32.1. The average Bonchev–Trinajstić information content (AvgIpc) is 2.44. The molecule has 0 spiro atoms. The summed E-state index contributed by atoms with van der Waals surface area (Å²) in [6.07, 6.45) is 1.26. The van der Waals surface area contributed by atoms with E-state index in [9.17, 15) is 4.79 Å². The second-order valence-corrected chi connectivity index (χ2v) is 5.81. The summed E-state index contributed by atoms with van der Waals surface area (Å²) in [7, 11) is 1.80. The third-order valence-corrected chi connectivity index (χ3v) is 3.90. The zero-order valence-electron chi connectivity index (χ0n) is 11.8. The van der Waals surface area contributed by atoms with Gasteiger partial charge in [-0.15, -0.1) is 0 Å². The van der Waals surface area contributed by atoms with Crippen molar-refractivity contribution < 1.29 is 9.53 Å². The lowest BCUT2D eigenvalue weighted by molar-refractivity contribution is -0.137. The van der Waals surface area contributed by atoms with E-state index in [1.165, 1.54) is 0 Å². The van der Waals surface area contributed by atoms with E-state index in [0.717, 1.165) is 17.7 Å². The highest BCUT2D eigenvalue weighted by Crippen LogP contribution is 2.27. The number of amides is 1. The van der Waals surface area contributed by atoms with Gasteiger partial charge in [0.25, 0.3) is 0 Å². The maximum atomic E-state index is 12.5. The van der Waals surface area contributed by atoms with Crippen molar-refractivity contribution in [3.63, 3.8) is 0 Å². The molecular weight excluding hydrogens is 272 g/mol. The molecular formula is C15H20N2O2S. The molecule has 2 unspecified atom stereocenters. The molecule has 0 saturated carbocycles. The van der Waals surface area contributed by atoms with Crippen molar-refractivity contribution in [3.05, 3.63) is 29.8 Å². The van der Waals surface area contributed by atoms with Gasteiger partial charge >= 0.3 is 0 Å². The molecule has 1 heterocycles. The molecule has 0 aliphatic carbocycles. The smallest absolute Gasteiger partial charge is 0.229 e. The van der Waals surface area contributed by atoms with Gasteiger partial charge in [-0.3, -0.25) is 4.79 Å². The molecule has 1 aliphatic heterocycles. The quantitative estimate of drug-likeness (QED) is 0.859. The maximum absolute atomic E-state index is 12.5. The Morgan fingerprint density at radius 3 is 2.95 bits per heavy atom. The van der Waals surface area contributed by atoms with Gasteiger partial charge in [0.05, 0.1) is 10.9 Å². The number of ether oxygens (including phenoxy) is 1. The van der Waals surface area contributed by atoms with Crippen molar-refractivity contribution >= 4 is 23.1 Å². The Labute approximate surface area is 124 Å². The summed E-state index contributed by atoms with van der Waals surface area (Å²) in [5, 5.41) is 0. The number of carbonyl (C=O) groups is 1. The number of nitrogens with zero attached hydrogens (tertiary/aromatic N) is 1. The number of carbonyl (C=O) groups excluding carboxylic acids is 1. The van der Waals surface area contributed by atoms with Crippen LogP contribution >= 0.6 is 12.2 Å². The van der Waals surface area contributed by atoms with E-state index >= 15 is 0 Å². The summed E-state index contributed by atoms with van der Waals surface area (Å²) in [5.41, 5.74) is 6.63. The number of para-hydroxylation sites is 1. The van der Waals surface area contributed by atoms with Crippen molar-refractivity contribution in [1.82, 2.24) is 4.90 Å². The largest absolute Gasteiger partial charge is 0.492 e. The molecule has 0 saturated heterocycles. The minimum Gasteiger partial charge on any atom is -0.492 e. The monoisotopic (exact) mass is 292 g/mol. The molecule has 2 N–H and O–H groups in total. The van der Waals surface area contributed by atoms with Gasteiger partial charge in [0.2, 0.25) is 5.91 Å². The molecule has 108 valence electrons. The summed E-state index contributed by atoms with van der Waals surface area (Å²) < 4.78 is 5.67. The van der Waals surface area contributed by atoms with Crippen LogP contribution in [0.15, 0.2) is 24.3 Å². The van der Waals surface area contributed by atoms with Crippen LogP contribution < -0.4 is 10.5 Å². The van der Waals surface area contributed by atoms with Gasteiger partial charge in [-0.1, -0.05) is 30.4 Å². The minimum atomic E-state index is -0.135. The second-order valence-electron chi connectivity index (χ2n) is 5.29. The lowest BCUT2D eigenvalue weighted by Gasteiger charge is -2.31. The minimum absolute atomic E-state index is 0.0113. The third kappa shape index (κ3) is 3.28. The number of hydrogen-bond donors (Lipinski definition) is 1. The first kappa shape index (κ1) is 14.8. The Hall–Kier alpha value is -1.62. The summed E-state index contributed by atoms with van der Waals surface area (Å²) in [6, 6.07) is 7.87. The highest BCUT2D eigenvalue weighted by molar-refractivity contribution is 7.80. The Morgan fingerprint density at radius 2 is 2.25 bits per heavy atom. The predicted octanol–water partition coefficient (Wildman–Crippen LogP) is 1.76. The van der Waals surface area contributed by atoms with Gasteiger partial charge in [-0.25, -0.2) is 0 Å². The van der Waals surface area contributed by atoms with Gasteiger partial charge in [-0.2, -0.15) is 0 Å². The lowest BCUT2D eigenvalue weighted by Crippen LogP contribution is -2.44. The van der Waals surface area contributed by atoms with E-state index in [2.05, 4.69) is 0 Å². The van der Waals surface area contributed by atoms with Crippen LogP contribution in [0, 0.1) is 5.92 Å². The van der Waals surface area contributed by atoms with Crippen molar-refractivity contribution in [2.75, 3.05) is 13.7 Å². The van der Waals surface area contributed by atoms with E-state index in [0.29, 0.717) is 18.0 Å². The first-order valence-electron chi connectivity index (χ1n) is 6.74. The maximum Gasteiger partial charge on any atom is 0.229 e. The SMILES string of the molecule is CC(CC(N)=S)N(C)C(=O)C1COc2ccccc2C1. The van der Waals surface area contributed by atoms with Crippen molar-refractivity contribution in [2.24, 2.45) is 11.7 Å². The Balaban J connectivity index is 2.02. The number of hydrogen-bond acceptors (Lipinski definition) is 3. The molecule has 2 rings (SSSR count). The number of nitrogens with two attached hydrogens (primary N) is 1.